The number of fused-ring (bicyclic) bond motifs is 4. The maximum atomic E-state index is 5.98. The Bertz CT molecular complexity index is 1980. The summed E-state index contributed by atoms with van der Waals surface area (Å²) in [6.45, 7) is 7.14. The van der Waals surface area contributed by atoms with Crippen LogP contribution in [0, 0.1) is 0 Å². The number of furan rings is 1. The number of para-hydroxylation sites is 1. The first kappa shape index (κ1) is 23.6. The number of rotatable bonds is 4. The number of nitrogens with zero attached hydrogens (tertiary/aromatic N) is 2. The van der Waals surface area contributed by atoms with Crippen molar-refractivity contribution in [1.82, 2.24) is 9.97 Å². The van der Waals surface area contributed by atoms with Crippen molar-refractivity contribution >= 4 is 46.1 Å². The van der Waals surface area contributed by atoms with Gasteiger partial charge in [-0.15, -0.1) is 0 Å². The Hall–Kier alpha value is -4.54. The summed E-state index contributed by atoms with van der Waals surface area (Å²) in [6, 6.07) is 36.4. The Balaban J connectivity index is 1.17. The first-order chi connectivity index (χ1) is 18.9. The minimum Gasteiger partial charge on any atom is -0.456 e. The molecular formula is C35H28N2OSi. The number of pyridine rings is 2. The summed E-state index contributed by atoms with van der Waals surface area (Å²) in [7, 11) is -1.30. The van der Waals surface area contributed by atoms with Crippen molar-refractivity contribution in [2.45, 2.75) is 19.6 Å². The van der Waals surface area contributed by atoms with E-state index in [-0.39, 0.29) is 0 Å². The van der Waals surface area contributed by atoms with Crippen molar-refractivity contribution in [3.8, 4) is 33.5 Å². The molecule has 0 amide bonds. The maximum absolute atomic E-state index is 5.98. The maximum Gasteiger partial charge on any atom is 0.135 e. The van der Waals surface area contributed by atoms with E-state index in [1.165, 1.54) is 16.3 Å². The summed E-state index contributed by atoms with van der Waals surface area (Å²) < 4.78 is 5.98. The van der Waals surface area contributed by atoms with Crippen molar-refractivity contribution in [2.75, 3.05) is 0 Å². The average Bonchev–Trinajstić information content (AvgIpc) is 3.34. The highest BCUT2D eigenvalue weighted by molar-refractivity contribution is 6.88. The summed E-state index contributed by atoms with van der Waals surface area (Å²) in [5, 5.41) is 4.83. The molecule has 0 bridgehead atoms. The molecule has 0 saturated carbocycles. The van der Waals surface area contributed by atoms with Gasteiger partial charge in [-0.2, -0.15) is 0 Å². The van der Waals surface area contributed by atoms with Gasteiger partial charge in [-0.3, -0.25) is 9.97 Å². The largest absolute Gasteiger partial charge is 0.456 e. The molecule has 39 heavy (non-hydrogen) atoms. The molecule has 0 saturated heterocycles. The standard InChI is InChI=1S/C35H28N2OSi/c1-39(2,3)29-14-10-23(11-15-29)24-8-9-25-18-28(22-37-33(25)20-24)27-12-16-32(36-21-27)26-13-17-35-31(19-26)30-6-4-5-7-34(30)38-35/h4-22H,1-3H3. The molecule has 4 aromatic carbocycles. The van der Waals surface area contributed by atoms with Crippen LogP contribution in [0.25, 0.3) is 66.4 Å². The molecule has 0 aliphatic carbocycles. The molecule has 3 heterocycles. The van der Waals surface area contributed by atoms with Crippen LogP contribution in [0.5, 0.6) is 0 Å². The molecule has 3 aromatic heterocycles. The lowest BCUT2D eigenvalue weighted by molar-refractivity contribution is 0.669. The zero-order valence-corrected chi connectivity index (χ0v) is 23.3. The fraction of sp³-hybridized carbons (Fsp3) is 0.0857. The molecule has 0 aliphatic rings. The molecule has 0 N–H and O–H groups in total. The lowest BCUT2D eigenvalue weighted by Crippen LogP contribution is -2.37. The first-order valence-corrected chi connectivity index (χ1v) is 16.8. The third kappa shape index (κ3) is 4.33. The fourth-order valence-electron chi connectivity index (χ4n) is 5.24. The topological polar surface area (TPSA) is 38.9 Å². The number of aromatic nitrogens is 2. The van der Waals surface area contributed by atoms with Crippen LogP contribution in [0.15, 0.2) is 120 Å². The van der Waals surface area contributed by atoms with Gasteiger partial charge in [0.2, 0.25) is 0 Å². The molecule has 7 aromatic rings. The van der Waals surface area contributed by atoms with Gasteiger partial charge in [0.15, 0.2) is 0 Å². The van der Waals surface area contributed by atoms with E-state index in [0.29, 0.717) is 0 Å². The van der Waals surface area contributed by atoms with Gasteiger partial charge in [0.05, 0.1) is 19.3 Å². The number of hydrogen-bond acceptors (Lipinski definition) is 3. The predicted molar refractivity (Wildman–Crippen MR) is 166 cm³/mol. The van der Waals surface area contributed by atoms with E-state index < -0.39 is 8.07 Å². The second-order valence-corrected chi connectivity index (χ2v) is 16.3. The van der Waals surface area contributed by atoms with Gasteiger partial charge in [-0.1, -0.05) is 85.5 Å². The van der Waals surface area contributed by atoms with Gasteiger partial charge in [0.25, 0.3) is 0 Å². The Labute approximate surface area is 228 Å². The van der Waals surface area contributed by atoms with Crippen molar-refractivity contribution in [3.63, 3.8) is 0 Å². The van der Waals surface area contributed by atoms with E-state index >= 15 is 0 Å². The van der Waals surface area contributed by atoms with E-state index in [2.05, 4.69) is 98.5 Å². The van der Waals surface area contributed by atoms with Gasteiger partial charge in [-0.25, -0.2) is 0 Å². The lowest BCUT2D eigenvalue weighted by atomic mass is 10.0. The summed E-state index contributed by atoms with van der Waals surface area (Å²) in [5.74, 6) is 0. The Kier molecular flexibility index (Phi) is 5.46. The highest BCUT2D eigenvalue weighted by atomic mass is 28.3. The normalized spacial score (nSPS) is 12.0. The zero-order valence-electron chi connectivity index (χ0n) is 22.3. The Morgan fingerprint density at radius 1 is 0.538 bits per heavy atom. The Morgan fingerprint density at radius 2 is 1.26 bits per heavy atom. The molecule has 0 atom stereocenters. The number of hydrogen-bond donors (Lipinski definition) is 0. The quantitative estimate of drug-likeness (QED) is 0.217. The smallest absolute Gasteiger partial charge is 0.135 e. The van der Waals surface area contributed by atoms with Gasteiger partial charge in [0.1, 0.15) is 11.2 Å². The van der Waals surface area contributed by atoms with Crippen LogP contribution in [0.3, 0.4) is 0 Å². The highest BCUT2D eigenvalue weighted by Crippen LogP contribution is 2.33. The van der Waals surface area contributed by atoms with E-state index in [4.69, 9.17) is 14.4 Å². The molecule has 4 heteroatoms. The minimum absolute atomic E-state index is 0.894. The molecule has 0 radical (unpaired) electrons. The van der Waals surface area contributed by atoms with Crippen LogP contribution in [-0.4, -0.2) is 18.0 Å². The first-order valence-electron chi connectivity index (χ1n) is 13.3. The number of benzene rings is 4. The molecule has 0 spiro atoms. The summed E-state index contributed by atoms with van der Waals surface area (Å²) in [6.07, 6.45) is 3.88. The van der Waals surface area contributed by atoms with Gasteiger partial charge in [0, 0.05) is 45.2 Å². The third-order valence-electron chi connectivity index (χ3n) is 7.54. The molecule has 188 valence electrons. The van der Waals surface area contributed by atoms with Crippen molar-refractivity contribution < 1.29 is 4.42 Å². The van der Waals surface area contributed by atoms with Crippen molar-refractivity contribution in [2.24, 2.45) is 0 Å². The second-order valence-electron chi connectivity index (χ2n) is 11.2. The molecule has 0 aliphatic heterocycles. The van der Waals surface area contributed by atoms with Gasteiger partial charge < -0.3 is 4.42 Å². The van der Waals surface area contributed by atoms with Gasteiger partial charge >= 0.3 is 0 Å². The predicted octanol–water partition coefficient (Wildman–Crippen LogP) is 9.08. The van der Waals surface area contributed by atoms with E-state index in [0.717, 1.165) is 55.2 Å². The van der Waals surface area contributed by atoms with Crippen LogP contribution in [0.1, 0.15) is 0 Å². The van der Waals surface area contributed by atoms with Gasteiger partial charge in [-0.05, 0) is 53.6 Å². The van der Waals surface area contributed by atoms with E-state index in [1.54, 1.807) is 0 Å². The summed E-state index contributed by atoms with van der Waals surface area (Å²) in [5.41, 5.74) is 9.33. The minimum atomic E-state index is -1.30. The fourth-order valence-corrected chi connectivity index (χ4v) is 6.41. The van der Waals surface area contributed by atoms with Crippen LogP contribution in [0.4, 0.5) is 0 Å². The Morgan fingerprint density at radius 3 is 2.05 bits per heavy atom. The SMILES string of the molecule is C[Si](C)(C)c1ccc(-c2ccc3cc(-c4ccc(-c5ccc6oc7ccccc7c6c5)nc4)cnc3c2)cc1. The lowest BCUT2D eigenvalue weighted by Gasteiger charge is -2.16. The third-order valence-corrected chi connectivity index (χ3v) is 9.60. The summed E-state index contributed by atoms with van der Waals surface area (Å²) in [4.78, 5) is 9.61. The van der Waals surface area contributed by atoms with Crippen molar-refractivity contribution in [1.29, 1.82) is 0 Å². The summed E-state index contributed by atoms with van der Waals surface area (Å²) >= 11 is 0. The monoisotopic (exact) mass is 520 g/mol. The highest BCUT2D eigenvalue weighted by Gasteiger charge is 2.16. The van der Waals surface area contributed by atoms with Crippen LogP contribution in [0.2, 0.25) is 19.6 Å². The van der Waals surface area contributed by atoms with Crippen LogP contribution >= 0.6 is 0 Å². The van der Waals surface area contributed by atoms with E-state index in [1.807, 2.05) is 36.7 Å². The van der Waals surface area contributed by atoms with Crippen molar-refractivity contribution in [3.05, 3.63) is 116 Å². The van der Waals surface area contributed by atoms with E-state index in [9.17, 15) is 0 Å². The molecular weight excluding hydrogens is 492 g/mol. The van der Waals surface area contributed by atoms with Crippen LogP contribution < -0.4 is 5.19 Å². The molecule has 3 nitrogen and oxygen atoms in total. The molecule has 0 unspecified atom stereocenters. The average molecular weight is 521 g/mol. The second kappa shape index (κ2) is 9.04. The molecule has 0 fully saturated rings. The zero-order chi connectivity index (χ0) is 26.6. The molecule has 7 rings (SSSR count). The van der Waals surface area contributed by atoms with Crippen LogP contribution in [-0.2, 0) is 0 Å².